The molecule has 0 aliphatic carbocycles. The van der Waals surface area contributed by atoms with E-state index in [-0.39, 0.29) is 17.2 Å². The fourth-order valence-electron chi connectivity index (χ4n) is 2.42. The molecular weight excluding hydrogens is 282 g/mol. The van der Waals surface area contributed by atoms with Gasteiger partial charge in [-0.15, -0.1) is 0 Å². The van der Waals surface area contributed by atoms with E-state index in [4.69, 9.17) is 0 Å². The van der Waals surface area contributed by atoms with Gasteiger partial charge in [0.05, 0.1) is 5.69 Å². The lowest BCUT2D eigenvalue weighted by molar-refractivity contribution is 0.0947. The summed E-state index contributed by atoms with van der Waals surface area (Å²) in [5.41, 5.74) is 3.29. The van der Waals surface area contributed by atoms with Crippen molar-refractivity contribution in [3.8, 4) is 0 Å². The third-order valence-electron chi connectivity index (χ3n) is 3.68. The van der Waals surface area contributed by atoms with E-state index >= 15 is 0 Å². The summed E-state index contributed by atoms with van der Waals surface area (Å²) >= 11 is 0. The predicted octanol–water partition coefficient (Wildman–Crippen LogP) is 0.586. The molecule has 0 bridgehead atoms. The van der Waals surface area contributed by atoms with E-state index in [2.05, 4.69) is 22.4 Å². The van der Waals surface area contributed by atoms with Crippen molar-refractivity contribution in [1.29, 1.82) is 0 Å². The standard InChI is InChI=1S/C15H21N5O2/c1-5-20-11(3)12(10(2)17-20)8-9-16-15(22)13-6-7-14(21)19(4)18-13/h6-7H,5,8-9H2,1-4H3,(H,16,22). The molecule has 7 nitrogen and oxygen atoms in total. The number of nitrogens with one attached hydrogen (secondary N) is 1. The average molecular weight is 303 g/mol. The molecule has 0 atom stereocenters. The second kappa shape index (κ2) is 6.55. The SMILES string of the molecule is CCn1nc(C)c(CCNC(=O)c2ccc(=O)n(C)n2)c1C. The quantitative estimate of drug-likeness (QED) is 0.876. The molecule has 0 saturated heterocycles. The molecule has 2 aromatic heterocycles. The Balaban J connectivity index is 1.99. The van der Waals surface area contributed by atoms with Gasteiger partial charge in [0, 0.05) is 31.9 Å². The van der Waals surface area contributed by atoms with Gasteiger partial charge in [0.15, 0.2) is 0 Å². The summed E-state index contributed by atoms with van der Waals surface area (Å²) < 4.78 is 3.11. The molecule has 0 saturated carbocycles. The molecule has 2 heterocycles. The van der Waals surface area contributed by atoms with Crippen LogP contribution in [0.25, 0.3) is 0 Å². The van der Waals surface area contributed by atoms with Crippen molar-refractivity contribution in [2.24, 2.45) is 7.05 Å². The van der Waals surface area contributed by atoms with Gasteiger partial charge in [0.1, 0.15) is 5.69 Å². The van der Waals surface area contributed by atoms with Crippen molar-refractivity contribution in [2.75, 3.05) is 6.54 Å². The first kappa shape index (κ1) is 15.9. The Labute approximate surface area is 129 Å². The zero-order chi connectivity index (χ0) is 16.3. The van der Waals surface area contributed by atoms with E-state index in [0.717, 1.165) is 34.6 Å². The maximum atomic E-state index is 12.0. The summed E-state index contributed by atoms with van der Waals surface area (Å²) in [7, 11) is 1.52. The van der Waals surface area contributed by atoms with Crippen LogP contribution in [0.4, 0.5) is 0 Å². The molecule has 0 aliphatic heterocycles. The number of hydrogen-bond donors (Lipinski definition) is 1. The molecule has 118 valence electrons. The number of amides is 1. The van der Waals surface area contributed by atoms with E-state index in [0.29, 0.717) is 6.54 Å². The number of nitrogens with zero attached hydrogens (tertiary/aromatic N) is 4. The van der Waals surface area contributed by atoms with Gasteiger partial charge in [-0.3, -0.25) is 14.3 Å². The van der Waals surface area contributed by atoms with Crippen LogP contribution < -0.4 is 10.9 Å². The van der Waals surface area contributed by atoms with Crippen molar-refractivity contribution >= 4 is 5.91 Å². The Morgan fingerprint density at radius 2 is 2.00 bits per heavy atom. The highest BCUT2D eigenvalue weighted by Crippen LogP contribution is 2.13. The van der Waals surface area contributed by atoms with Gasteiger partial charge in [-0.05, 0) is 38.8 Å². The van der Waals surface area contributed by atoms with Crippen LogP contribution in [0.2, 0.25) is 0 Å². The Bertz CT molecular complexity index is 745. The second-order valence-electron chi connectivity index (χ2n) is 5.15. The molecule has 0 unspecified atom stereocenters. The van der Waals surface area contributed by atoms with Crippen LogP contribution >= 0.6 is 0 Å². The van der Waals surface area contributed by atoms with Crippen LogP contribution in [0.15, 0.2) is 16.9 Å². The van der Waals surface area contributed by atoms with Crippen LogP contribution in [0.3, 0.4) is 0 Å². The number of aryl methyl sites for hydroxylation is 3. The molecule has 1 N–H and O–H groups in total. The van der Waals surface area contributed by atoms with Gasteiger partial charge < -0.3 is 5.32 Å². The van der Waals surface area contributed by atoms with E-state index < -0.39 is 0 Å². The predicted molar refractivity (Wildman–Crippen MR) is 82.9 cm³/mol. The number of rotatable bonds is 5. The Hall–Kier alpha value is -2.44. The smallest absolute Gasteiger partial charge is 0.271 e. The third-order valence-corrected chi connectivity index (χ3v) is 3.68. The molecular formula is C15H21N5O2. The minimum atomic E-state index is -0.284. The number of carbonyl (C=O) groups excluding carboxylic acids is 1. The van der Waals surface area contributed by atoms with Crippen LogP contribution in [-0.4, -0.2) is 32.0 Å². The van der Waals surface area contributed by atoms with Crippen molar-refractivity contribution in [3.63, 3.8) is 0 Å². The topological polar surface area (TPSA) is 81.8 Å². The van der Waals surface area contributed by atoms with Crippen molar-refractivity contribution in [3.05, 3.63) is 45.1 Å². The molecule has 1 amide bonds. The third kappa shape index (κ3) is 3.24. The summed E-state index contributed by atoms with van der Waals surface area (Å²) in [4.78, 5) is 23.3. The number of aromatic nitrogens is 4. The van der Waals surface area contributed by atoms with Crippen molar-refractivity contribution in [1.82, 2.24) is 24.9 Å². The molecule has 0 aliphatic rings. The lowest BCUT2D eigenvalue weighted by Crippen LogP contribution is -2.29. The van der Waals surface area contributed by atoms with Crippen LogP contribution in [0, 0.1) is 13.8 Å². The first-order valence-electron chi connectivity index (χ1n) is 7.29. The highest BCUT2D eigenvalue weighted by atomic mass is 16.2. The highest BCUT2D eigenvalue weighted by Gasteiger charge is 2.12. The maximum Gasteiger partial charge on any atom is 0.271 e. The first-order valence-corrected chi connectivity index (χ1v) is 7.29. The Morgan fingerprint density at radius 1 is 1.27 bits per heavy atom. The number of carbonyl (C=O) groups is 1. The lowest BCUT2D eigenvalue weighted by atomic mass is 10.1. The van der Waals surface area contributed by atoms with Gasteiger partial charge >= 0.3 is 0 Å². The lowest BCUT2D eigenvalue weighted by Gasteiger charge is -2.06. The summed E-state index contributed by atoms with van der Waals surface area (Å²) in [6.07, 6.45) is 0.717. The van der Waals surface area contributed by atoms with E-state index in [1.807, 2.05) is 18.5 Å². The molecule has 7 heteroatoms. The Morgan fingerprint density at radius 3 is 2.59 bits per heavy atom. The first-order chi connectivity index (χ1) is 10.4. The molecule has 0 radical (unpaired) electrons. The molecule has 0 spiro atoms. The molecule has 0 fully saturated rings. The van der Waals surface area contributed by atoms with Gasteiger partial charge in [-0.25, -0.2) is 4.68 Å². The fraction of sp³-hybridized carbons (Fsp3) is 0.467. The second-order valence-corrected chi connectivity index (χ2v) is 5.15. The zero-order valence-electron chi connectivity index (χ0n) is 13.4. The summed E-state index contributed by atoms with van der Waals surface area (Å²) in [5, 5.41) is 11.2. The summed E-state index contributed by atoms with van der Waals surface area (Å²) in [6, 6.07) is 2.77. The van der Waals surface area contributed by atoms with Gasteiger partial charge in [0.25, 0.3) is 11.5 Å². The molecule has 2 aromatic rings. The minimum Gasteiger partial charge on any atom is -0.350 e. The zero-order valence-corrected chi connectivity index (χ0v) is 13.4. The average Bonchev–Trinajstić information content (AvgIpc) is 2.77. The van der Waals surface area contributed by atoms with E-state index in [9.17, 15) is 9.59 Å². The normalized spacial score (nSPS) is 10.7. The molecule has 0 aromatic carbocycles. The van der Waals surface area contributed by atoms with E-state index in [1.54, 1.807) is 0 Å². The van der Waals surface area contributed by atoms with Crippen LogP contribution in [0.1, 0.15) is 34.4 Å². The highest BCUT2D eigenvalue weighted by molar-refractivity contribution is 5.91. The number of hydrogen-bond acceptors (Lipinski definition) is 4. The molecule has 2 rings (SSSR count). The van der Waals surface area contributed by atoms with Crippen LogP contribution in [0.5, 0.6) is 0 Å². The van der Waals surface area contributed by atoms with Crippen molar-refractivity contribution in [2.45, 2.75) is 33.7 Å². The summed E-state index contributed by atoms with van der Waals surface area (Å²) in [5.74, 6) is -0.284. The van der Waals surface area contributed by atoms with Crippen molar-refractivity contribution < 1.29 is 4.79 Å². The maximum absolute atomic E-state index is 12.0. The minimum absolute atomic E-state index is 0.236. The monoisotopic (exact) mass is 303 g/mol. The Kier molecular flexibility index (Phi) is 4.75. The fourth-order valence-corrected chi connectivity index (χ4v) is 2.42. The van der Waals surface area contributed by atoms with Gasteiger partial charge in [0.2, 0.25) is 0 Å². The summed E-state index contributed by atoms with van der Waals surface area (Å²) in [6.45, 7) is 7.40. The largest absolute Gasteiger partial charge is 0.350 e. The molecule has 22 heavy (non-hydrogen) atoms. The van der Waals surface area contributed by atoms with Gasteiger partial charge in [-0.2, -0.15) is 10.2 Å². The van der Waals surface area contributed by atoms with E-state index in [1.165, 1.54) is 19.2 Å². The van der Waals surface area contributed by atoms with Gasteiger partial charge in [-0.1, -0.05) is 0 Å². The van der Waals surface area contributed by atoms with Crippen LogP contribution in [-0.2, 0) is 20.0 Å².